The van der Waals surface area contributed by atoms with Crippen molar-refractivity contribution >= 4 is 5.91 Å². The zero-order valence-electron chi connectivity index (χ0n) is 12.7. The molecular weight excluding hydrogens is 294 g/mol. The predicted molar refractivity (Wildman–Crippen MR) is 82.6 cm³/mol. The Kier molecular flexibility index (Phi) is 4.41. The summed E-state index contributed by atoms with van der Waals surface area (Å²) in [6, 6.07) is 5.21. The lowest BCUT2D eigenvalue weighted by molar-refractivity contribution is -0.124. The van der Waals surface area contributed by atoms with E-state index in [-0.39, 0.29) is 11.9 Å². The number of pyridine rings is 1. The van der Waals surface area contributed by atoms with Gasteiger partial charge in [0.25, 0.3) is 0 Å². The lowest BCUT2D eigenvalue weighted by Gasteiger charge is -2.16. The molecule has 3 aromatic heterocycles. The third-order valence-corrected chi connectivity index (χ3v) is 3.49. The number of aromatic nitrogens is 6. The molecule has 1 N–H and O–H groups in total. The van der Waals surface area contributed by atoms with Gasteiger partial charge in [0, 0.05) is 30.7 Å². The molecule has 118 valence electrons. The first-order valence-electron chi connectivity index (χ1n) is 7.35. The number of nitrogens with one attached hydrogen (secondary N) is 1. The van der Waals surface area contributed by atoms with Crippen molar-refractivity contribution in [1.29, 1.82) is 0 Å². The fourth-order valence-electron chi connectivity index (χ4n) is 2.35. The second kappa shape index (κ2) is 6.82. The van der Waals surface area contributed by atoms with Gasteiger partial charge in [0.15, 0.2) is 5.82 Å². The molecule has 3 rings (SSSR count). The van der Waals surface area contributed by atoms with Gasteiger partial charge in [-0.15, -0.1) is 0 Å². The molecule has 1 amide bonds. The Bertz CT molecular complexity index is 752. The van der Waals surface area contributed by atoms with E-state index in [1.54, 1.807) is 40.3 Å². The fourth-order valence-corrected chi connectivity index (χ4v) is 2.35. The monoisotopic (exact) mass is 311 g/mol. The second-order valence-corrected chi connectivity index (χ2v) is 4.95. The first-order valence-corrected chi connectivity index (χ1v) is 7.35. The van der Waals surface area contributed by atoms with Crippen molar-refractivity contribution in [1.82, 2.24) is 34.8 Å². The highest BCUT2D eigenvalue weighted by Crippen LogP contribution is 2.12. The highest BCUT2D eigenvalue weighted by molar-refractivity contribution is 5.80. The standard InChI is InChI=1S/C15H17N7O/c1-2-13(21-8-4-7-19-21)15(23)18-9-12-5-3-6-17-14(12)22-11-16-10-20-22/h3-8,10-11,13H,2,9H2,1H3,(H,18,23)/t13-/m0/s1. The van der Waals surface area contributed by atoms with E-state index in [0.717, 1.165) is 5.56 Å². The van der Waals surface area contributed by atoms with Gasteiger partial charge in [-0.3, -0.25) is 9.48 Å². The summed E-state index contributed by atoms with van der Waals surface area (Å²) in [6.45, 7) is 2.32. The molecule has 0 radical (unpaired) electrons. The normalized spacial score (nSPS) is 12.0. The van der Waals surface area contributed by atoms with Gasteiger partial charge in [-0.2, -0.15) is 10.2 Å². The smallest absolute Gasteiger partial charge is 0.245 e. The third-order valence-electron chi connectivity index (χ3n) is 3.49. The molecule has 3 heterocycles. The van der Waals surface area contributed by atoms with Crippen LogP contribution in [0.5, 0.6) is 0 Å². The number of hydrogen-bond donors (Lipinski definition) is 1. The molecule has 0 saturated carbocycles. The number of hydrogen-bond acceptors (Lipinski definition) is 5. The van der Waals surface area contributed by atoms with Crippen molar-refractivity contribution in [2.45, 2.75) is 25.9 Å². The van der Waals surface area contributed by atoms with Gasteiger partial charge >= 0.3 is 0 Å². The predicted octanol–water partition coefficient (Wildman–Crippen LogP) is 1.13. The molecule has 0 unspecified atom stereocenters. The van der Waals surface area contributed by atoms with Crippen molar-refractivity contribution in [2.75, 3.05) is 0 Å². The van der Waals surface area contributed by atoms with Crippen LogP contribution in [0, 0.1) is 0 Å². The summed E-state index contributed by atoms with van der Waals surface area (Å²) in [5, 5.41) is 11.2. The Morgan fingerprint density at radius 1 is 1.30 bits per heavy atom. The summed E-state index contributed by atoms with van der Waals surface area (Å²) in [5.74, 6) is 0.571. The van der Waals surface area contributed by atoms with Gasteiger partial charge in [0.2, 0.25) is 5.91 Å². The average Bonchev–Trinajstić information content (AvgIpc) is 3.27. The van der Waals surface area contributed by atoms with Gasteiger partial charge in [0.05, 0.1) is 0 Å². The first kappa shape index (κ1) is 14.9. The molecule has 23 heavy (non-hydrogen) atoms. The van der Waals surface area contributed by atoms with Crippen LogP contribution in [0.25, 0.3) is 5.82 Å². The molecule has 1 atom stereocenters. The van der Waals surface area contributed by atoms with E-state index < -0.39 is 0 Å². The van der Waals surface area contributed by atoms with Gasteiger partial charge in [-0.25, -0.2) is 14.6 Å². The molecule has 0 spiro atoms. The zero-order valence-corrected chi connectivity index (χ0v) is 12.7. The molecule has 0 aliphatic heterocycles. The molecule has 0 aliphatic carbocycles. The largest absolute Gasteiger partial charge is 0.350 e. The van der Waals surface area contributed by atoms with Crippen LogP contribution in [0.2, 0.25) is 0 Å². The van der Waals surface area contributed by atoms with E-state index in [0.29, 0.717) is 18.8 Å². The van der Waals surface area contributed by atoms with Crippen LogP contribution in [0.3, 0.4) is 0 Å². The van der Waals surface area contributed by atoms with Crippen LogP contribution < -0.4 is 5.32 Å². The van der Waals surface area contributed by atoms with Crippen LogP contribution in [0.15, 0.2) is 49.4 Å². The van der Waals surface area contributed by atoms with Crippen molar-refractivity contribution in [3.63, 3.8) is 0 Å². The lowest BCUT2D eigenvalue weighted by Crippen LogP contribution is -2.32. The zero-order chi connectivity index (χ0) is 16.1. The van der Waals surface area contributed by atoms with E-state index >= 15 is 0 Å². The van der Waals surface area contributed by atoms with Crippen LogP contribution in [-0.2, 0) is 11.3 Å². The van der Waals surface area contributed by atoms with E-state index in [9.17, 15) is 4.79 Å². The Labute approximate surface area is 133 Å². The van der Waals surface area contributed by atoms with Crippen LogP contribution in [-0.4, -0.2) is 35.4 Å². The van der Waals surface area contributed by atoms with Crippen molar-refractivity contribution < 1.29 is 4.79 Å². The SMILES string of the molecule is CC[C@@H](C(=O)NCc1cccnc1-n1cncn1)n1cccn1. The van der Waals surface area contributed by atoms with Gasteiger partial charge < -0.3 is 5.32 Å². The second-order valence-electron chi connectivity index (χ2n) is 4.95. The third kappa shape index (κ3) is 3.25. The van der Waals surface area contributed by atoms with Crippen molar-refractivity contribution in [2.24, 2.45) is 0 Å². The summed E-state index contributed by atoms with van der Waals surface area (Å²) in [5.41, 5.74) is 0.863. The van der Waals surface area contributed by atoms with Gasteiger partial charge in [-0.05, 0) is 18.6 Å². The molecule has 8 nitrogen and oxygen atoms in total. The number of nitrogens with zero attached hydrogens (tertiary/aromatic N) is 6. The maximum Gasteiger partial charge on any atom is 0.245 e. The van der Waals surface area contributed by atoms with Crippen LogP contribution in [0.4, 0.5) is 0 Å². The number of carbonyl (C=O) groups excluding carboxylic acids is 1. The summed E-state index contributed by atoms with van der Waals surface area (Å²) >= 11 is 0. The molecule has 0 aromatic carbocycles. The fraction of sp³-hybridized carbons (Fsp3) is 0.267. The van der Waals surface area contributed by atoms with E-state index in [1.807, 2.05) is 19.1 Å². The Morgan fingerprint density at radius 2 is 2.22 bits per heavy atom. The topological polar surface area (TPSA) is 90.5 Å². The summed E-state index contributed by atoms with van der Waals surface area (Å²) in [4.78, 5) is 20.6. The average molecular weight is 311 g/mol. The number of rotatable bonds is 6. The van der Waals surface area contributed by atoms with Crippen LogP contribution in [0.1, 0.15) is 24.9 Å². The maximum absolute atomic E-state index is 12.4. The summed E-state index contributed by atoms with van der Waals surface area (Å²) < 4.78 is 3.24. The minimum Gasteiger partial charge on any atom is -0.350 e. The first-order chi connectivity index (χ1) is 11.3. The molecule has 3 aromatic rings. The highest BCUT2D eigenvalue weighted by atomic mass is 16.2. The molecule has 8 heteroatoms. The van der Waals surface area contributed by atoms with Gasteiger partial charge in [-0.1, -0.05) is 13.0 Å². The molecule has 0 aliphatic rings. The van der Waals surface area contributed by atoms with E-state index in [2.05, 4.69) is 25.5 Å². The van der Waals surface area contributed by atoms with E-state index in [1.165, 1.54) is 6.33 Å². The molecule has 0 bridgehead atoms. The number of amides is 1. The van der Waals surface area contributed by atoms with Crippen molar-refractivity contribution in [3.05, 3.63) is 55.0 Å². The van der Waals surface area contributed by atoms with Gasteiger partial charge in [0.1, 0.15) is 18.7 Å². The number of carbonyl (C=O) groups is 1. The Morgan fingerprint density at radius 3 is 2.91 bits per heavy atom. The molecular formula is C15H17N7O. The quantitative estimate of drug-likeness (QED) is 0.737. The minimum atomic E-state index is -0.323. The summed E-state index contributed by atoms with van der Waals surface area (Å²) in [7, 11) is 0. The van der Waals surface area contributed by atoms with Crippen molar-refractivity contribution in [3.8, 4) is 5.82 Å². The maximum atomic E-state index is 12.4. The Hall–Kier alpha value is -3.03. The van der Waals surface area contributed by atoms with Crippen LogP contribution >= 0.6 is 0 Å². The Balaban J connectivity index is 1.72. The summed E-state index contributed by atoms with van der Waals surface area (Å²) in [6.07, 6.45) is 8.82. The minimum absolute atomic E-state index is 0.0791. The highest BCUT2D eigenvalue weighted by Gasteiger charge is 2.18. The molecule has 0 saturated heterocycles. The van der Waals surface area contributed by atoms with E-state index in [4.69, 9.17) is 0 Å². The lowest BCUT2D eigenvalue weighted by atomic mass is 10.2. The molecule has 0 fully saturated rings.